The lowest BCUT2D eigenvalue weighted by molar-refractivity contribution is -0.116. The molecule has 2 aromatic rings. The quantitative estimate of drug-likeness (QED) is 0.579. The maximum Gasteiger partial charge on any atom is 0.338 e. The van der Waals surface area contributed by atoms with Crippen LogP contribution in [0.4, 0.5) is 5.69 Å². The number of ether oxygens (including phenoxy) is 2. The molecule has 0 saturated carbocycles. The Morgan fingerprint density at radius 2 is 1.54 bits per heavy atom. The first-order valence-electron chi connectivity index (χ1n) is 8.27. The zero-order valence-corrected chi connectivity index (χ0v) is 14.8. The van der Waals surface area contributed by atoms with Gasteiger partial charge in [0.1, 0.15) is 5.75 Å². The molecule has 2 aromatic carbocycles. The minimum Gasteiger partial charge on any atom is -0.497 e. The molecule has 0 fully saturated rings. The molecule has 26 heavy (non-hydrogen) atoms. The smallest absolute Gasteiger partial charge is 0.338 e. The van der Waals surface area contributed by atoms with E-state index < -0.39 is 5.97 Å². The van der Waals surface area contributed by atoms with Gasteiger partial charge in [-0.15, -0.1) is 0 Å². The van der Waals surface area contributed by atoms with E-state index in [0.29, 0.717) is 29.0 Å². The van der Waals surface area contributed by atoms with Crippen LogP contribution in [0.1, 0.15) is 40.5 Å². The molecule has 0 unspecified atom stereocenters. The molecule has 0 saturated heterocycles. The molecular formula is C20H21NO5. The number of carbonyl (C=O) groups is 3. The van der Waals surface area contributed by atoms with Gasteiger partial charge in [-0.3, -0.25) is 9.59 Å². The van der Waals surface area contributed by atoms with Crippen molar-refractivity contribution in [1.82, 2.24) is 0 Å². The summed E-state index contributed by atoms with van der Waals surface area (Å²) in [4.78, 5) is 35.6. The molecule has 136 valence electrons. The van der Waals surface area contributed by atoms with Gasteiger partial charge in [0.05, 0.1) is 12.7 Å². The van der Waals surface area contributed by atoms with Crippen LogP contribution < -0.4 is 10.1 Å². The van der Waals surface area contributed by atoms with Crippen LogP contribution in [-0.2, 0) is 9.53 Å². The second kappa shape index (κ2) is 9.36. The number of rotatable bonds is 8. The van der Waals surface area contributed by atoms with Crippen LogP contribution >= 0.6 is 0 Å². The molecule has 0 heterocycles. The standard InChI is InChI=1S/C20H21NO5/c1-3-4-19(23)21-16-9-5-14(6-10-16)18(22)13-26-20(24)15-7-11-17(25-2)12-8-15/h5-12H,3-4,13H2,1-2H3,(H,21,23). The van der Waals surface area contributed by atoms with Gasteiger partial charge in [0.15, 0.2) is 12.4 Å². The van der Waals surface area contributed by atoms with Crippen molar-refractivity contribution < 1.29 is 23.9 Å². The van der Waals surface area contributed by atoms with Gasteiger partial charge in [0, 0.05) is 17.7 Å². The number of ketones is 1. The summed E-state index contributed by atoms with van der Waals surface area (Å²) >= 11 is 0. The van der Waals surface area contributed by atoms with Gasteiger partial charge in [-0.25, -0.2) is 4.79 Å². The number of esters is 1. The van der Waals surface area contributed by atoms with Crippen LogP contribution in [0.3, 0.4) is 0 Å². The number of amides is 1. The Hall–Kier alpha value is -3.15. The van der Waals surface area contributed by atoms with Crippen LogP contribution in [0.25, 0.3) is 0 Å². The summed E-state index contributed by atoms with van der Waals surface area (Å²) in [5, 5.41) is 2.74. The zero-order chi connectivity index (χ0) is 18.9. The van der Waals surface area contributed by atoms with Crippen LogP contribution in [0.15, 0.2) is 48.5 Å². The monoisotopic (exact) mass is 355 g/mol. The van der Waals surface area contributed by atoms with Crippen LogP contribution in [-0.4, -0.2) is 31.4 Å². The van der Waals surface area contributed by atoms with Gasteiger partial charge in [-0.05, 0) is 55.0 Å². The van der Waals surface area contributed by atoms with E-state index in [4.69, 9.17) is 9.47 Å². The van der Waals surface area contributed by atoms with Crippen molar-refractivity contribution in [2.24, 2.45) is 0 Å². The van der Waals surface area contributed by atoms with Crippen molar-refractivity contribution in [3.63, 3.8) is 0 Å². The van der Waals surface area contributed by atoms with Crippen molar-refractivity contribution >= 4 is 23.3 Å². The fourth-order valence-electron chi connectivity index (χ4n) is 2.21. The molecule has 1 N–H and O–H groups in total. The Balaban J connectivity index is 1.88. The fourth-order valence-corrected chi connectivity index (χ4v) is 2.21. The van der Waals surface area contributed by atoms with Crippen molar-refractivity contribution in [2.75, 3.05) is 19.0 Å². The first-order valence-corrected chi connectivity index (χ1v) is 8.27. The number of Topliss-reactive ketones (excluding diaryl/α,β-unsaturated/α-hetero) is 1. The maximum absolute atomic E-state index is 12.1. The summed E-state index contributed by atoms with van der Waals surface area (Å²) in [5.41, 5.74) is 1.36. The lowest BCUT2D eigenvalue weighted by Gasteiger charge is -2.07. The number of hydrogen-bond donors (Lipinski definition) is 1. The highest BCUT2D eigenvalue weighted by Crippen LogP contribution is 2.13. The van der Waals surface area contributed by atoms with Gasteiger partial charge < -0.3 is 14.8 Å². The van der Waals surface area contributed by atoms with Gasteiger partial charge in [-0.1, -0.05) is 6.92 Å². The minimum absolute atomic E-state index is 0.0694. The molecule has 0 atom stereocenters. The topological polar surface area (TPSA) is 81.7 Å². The maximum atomic E-state index is 12.1. The second-order valence-corrected chi connectivity index (χ2v) is 5.60. The third-order valence-corrected chi connectivity index (χ3v) is 3.63. The predicted molar refractivity (Wildman–Crippen MR) is 97.6 cm³/mol. The Bertz CT molecular complexity index is 766. The van der Waals surface area contributed by atoms with Crippen LogP contribution in [0, 0.1) is 0 Å². The summed E-state index contributed by atoms with van der Waals surface area (Å²) in [7, 11) is 1.53. The Kier molecular flexibility index (Phi) is 6.91. The second-order valence-electron chi connectivity index (χ2n) is 5.60. The highest BCUT2D eigenvalue weighted by molar-refractivity contribution is 6.00. The summed E-state index contributed by atoms with van der Waals surface area (Å²) in [6, 6.07) is 12.9. The fraction of sp³-hybridized carbons (Fsp3) is 0.250. The van der Waals surface area contributed by atoms with E-state index in [1.807, 2.05) is 6.92 Å². The molecule has 0 aromatic heterocycles. The van der Waals surface area contributed by atoms with E-state index in [9.17, 15) is 14.4 Å². The lowest BCUT2D eigenvalue weighted by atomic mass is 10.1. The Labute approximate surface area is 152 Å². The van der Waals surface area contributed by atoms with Gasteiger partial charge >= 0.3 is 5.97 Å². The van der Waals surface area contributed by atoms with Crippen molar-refractivity contribution in [1.29, 1.82) is 0 Å². The number of benzene rings is 2. The van der Waals surface area contributed by atoms with Gasteiger partial charge in [0.2, 0.25) is 5.91 Å². The molecular weight excluding hydrogens is 334 g/mol. The summed E-state index contributed by atoms with van der Waals surface area (Å²) < 4.78 is 10.1. The van der Waals surface area contributed by atoms with Crippen LogP contribution in [0.2, 0.25) is 0 Å². The van der Waals surface area contributed by atoms with E-state index in [1.165, 1.54) is 7.11 Å². The van der Waals surface area contributed by atoms with Gasteiger partial charge in [0.25, 0.3) is 0 Å². The molecule has 0 bridgehead atoms. The SMILES string of the molecule is CCCC(=O)Nc1ccc(C(=O)COC(=O)c2ccc(OC)cc2)cc1. The number of anilines is 1. The average molecular weight is 355 g/mol. The third-order valence-electron chi connectivity index (χ3n) is 3.63. The number of nitrogens with one attached hydrogen (secondary N) is 1. The summed E-state index contributed by atoms with van der Waals surface area (Å²) in [6.07, 6.45) is 1.21. The molecule has 6 nitrogen and oxygen atoms in total. The highest BCUT2D eigenvalue weighted by atomic mass is 16.5. The van der Waals surface area contributed by atoms with E-state index >= 15 is 0 Å². The molecule has 0 radical (unpaired) electrons. The third kappa shape index (κ3) is 5.44. The highest BCUT2D eigenvalue weighted by Gasteiger charge is 2.12. The summed E-state index contributed by atoms with van der Waals surface area (Å²) in [6.45, 7) is 1.57. The molecule has 0 spiro atoms. The molecule has 1 amide bonds. The molecule has 6 heteroatoms. The predicted octanol–water partition coefficient (Wildman–Crippen LogP) is 3.47. The van der Waals surface area contributed by atoms with Crippen molar-refractivity contribution in [2.45, 2.75) is 19.8 Å². The first kappa shape index (κ1) is 19.2. The number of methoxy groups -OCH3 is 1. The Morgan fingerprint density at radius 1 is 0.923 bits per heavy atom. The molecule has 0 aliphatic heterocycles. The van der Waals surface area contributed by atoms with E-state index in [1.54, 1.807) is 48.5 Å². The zero-order valence-electron chi connectivity index (χ0n) is 14.8. The molecule has 2 rings (SSSR count). The van der Waals surface area contributed by atoms with Crippen LogP contribution in [0.5, 0.6) is 5.75 Å². The first-order chi connectivity index (χ1) is 12.5. The van der Waals surface area contributed by atoms with Crippen molar-refractivity contribution in [3.05, 3.63) is 59.7 Å². The van der Waals surface area contributed by atoms with Crippen molar-refractivity contribution in [3.8, 4) is 5.75 Å². The average Bonchev–Trinajstić information content (AvgIpc) is 2.66. The van der Waals surface area contributed by atoms with E-state index in [-0.39, 0.29) is 18.3 Å². The van der Waals surface area contributed by atoms with E-state index in [2.05, 4.69) is 5.32 Å². The van der Waals surface area contributed by atoms with E-state index in [0.717, 1.165) is 6.42 Å². The Morgan fingerprint density at radius 3 is 2.12 bits per heavy atom. The summed E-state index contributed by atoms with van der Waals surface area (Å²) in [5.74, 6) is -0.341. The van der Waals surface area contributed by atoms with Gasteiger partial charge in [-0.2, -0.15) is 0 Å². The molecule has 0 aliphatic rings. The molecule has 0 aliphatic carbocycles. The minimum atomic E-state index is -0.579. The number of carbonyl (C=O) groups excluding carboxylic acids is 3. The lowest BCUT2D eigenvalue weighted by Crippen LogP contribution is -2.14. The largest absolute Gasteiger partial charge is 0.497 e. The normalized spacial score (nSPS) is 10.1. The number of hydrogen-bond acceptors (Lipinski definition) is 5.